The summed E-state index contributed by atoms with van der Waals surface area (Å²) in [6.45, 7) is 0. The van der Waals surface area contributed by atoms with Crippen LogP contribution in [0.1, 0.15) is 0 Å². The summed E-state index contributed by atoms with van der Waals surface area (Å²) in [5.74, 6) is 0. The van der Waals surface area contributed by atoms with E-state index in [1.54, 1.807) is 0 Å². The van der Waals surface area contributed by atoms with Gasteiger partial charge in [-0.2, -0.15) is 0 Å². The van der Waals surface area contributed by atoms with E-state index in [9.17, 15) is 0 Å². The van der Waals surface area contributed by atoms with Gasteiger partial charge in [0.15, 0.2) is 0 Å². The molecule has 0 saturated carbocycles. The quantitative estimate of drug-likeness (QED) is 0.223. The average Bonchev–Trinajstić information content (AvgIpc) is 3.03. The highest BCUT2D eigenvalue weighted by Gasteiger charge is 2.22. The number of aromatic nitrogens is 3. The Kier molecular flexibility index (Phi) is 5.14. The highest BCUT2D eigenvalue weighted by atomic mass is 14.8. The molecule has 3 nitrogen and oxygen atoms in total. The SMILES string of the molecule is c1cncc(-c2c3ccccc3c(-c3nc4ccccc4nc3-c3cccc4ccccc34)c3ccccc23)c1. The summed E-state index contributed by atoms with van der Waals surface area (Å²) in [6.07, 6.45) is 3.77. The van der Waals surface area contributed by atoms with Gasteiger partial charge >= 0.3 is 0 Å². The predicted molar refractivity (Wildman–Crippen MR) is 166 cm³/mol. The molecule has 0 radical (unpaired) electrons. The first kappa shape index (κ1) is 22.6. The van der Waals surface area contributed by atoms with Crippen molar-refractivity contribution >= 4 is 43.4 Å². The minimum atomic E-state index is 0.881. The van der Waals surface area contributed by atoms with Gasteiger partial charge in [-0.15, -0.1) is 0 Å². The van der Waals surface area contributed by atoms with Crippen molar-refractivity contribution in [2.45, 2.75) is 0 Å². The van der Waals surface area contributed by atoms with Gasteiger partial charge in [0.05, 0.1) is 22.4 Å². The van der Waals surface area contributed by atoms with E-state index in [0.717, 1.165) is 55.3 Å². The fourth-order valence-electron chi connectivity index (χ4n) is 6.00. The Bertz CT molecular complexity index is 2160. The molecule has 40 heavy (non-hydrogen) atoms. The van der Waals surface area contributed by atoms with Crippen LogP contribution in [0.2, 0.25) is 0 Å². The summed E-state index contributed by atoms with van der Waals surface area (Å²) in [5, 5.41) is 6.97. The highest BCUT2D eigenvalue weighted by Crippen LogP contribution is 2.45. The zero-order valence-electron chi connectivity index (χ0n) is 21.6. The van der Waals surface area contributed by atoms with Crippen molar-refractivity contribution in [1.82, 2.24) is 15.0 Å². The molecule has 8 aromatic rings. The van der Waals surface area contributed by atoms with Gasteiger partial charge in [0.1, 0.15) is 0 Å². The Morgan fingerprint density at radius 3 is 1.60 bits per heavy atom. The number of hydrogen-bond acceptors (Lipinski definition) is 3. The van der Waals surface area contributed by atoms with E-state index in [1.807, 2.05) is 42.7 Å². The molecule has 2 heterocycles. The van der Waals surface area contributed by atoms with Gasteiger partial charge in [0.2, 0.25) is 0 Å². The fourth-order valence-corrected chi connectivity index (χ4v) is 6.00. The van der Waals surface area contributed by atoms with Crippen LogP contribution in [-0.2, 0) is 0 Å². The first-order chi connectivity index (χ1) is 19.9. The number of para-hydroxylation sites is 2. The van der Waals surface area contributed by atoms with Gasteiger partial charge in [-0.05, 0) is 56.1 Å². The molecular weight excluding hydrogens is 486 g/mol. The summed E-state index contributed by atoms with van der Waals surface area (Å²) >= 11 is 0. The number of nitrogens with zero attached hydrogens (tertiary/aromatic N) is 3. The van der Waals surface area contributed by atoms with E-state index in [0.29, 0.717) is 0 Å². The highest BCUT2D eigenvalue weighted by molar-refractivity contribution is 6.22. The van der Waals surface area contributed by atoms with Gasteiger partial charge < -0.3 is 0 Å². The standard InChI is InChI=1S/C37H23N3/c1-2-14-26-24(11-1)12-9-19-31(26)36-37(40-33-21-8-7-20-32(33)39-36)35-29-17-5-3-15-27(29)34(25-13-10-22-38-23-25)28-16-4-6-18-30(28)35/h1-23H. The normalized spacial score (nSPS) is 11.5. The molecule has 0 amide bonds. The van der Waals surface area contributed by atoms with E-state index in [2.05, 4.69) is 102 Å². The van der Waals surface area contributed by atoms with Gasteiger partial charge in [0, 0.05) is 29.1 Å². The second-order valence-electron chi connectivity index (χ2n) is 10.0. The topological polar surface area (TPSA) is 38.7 Å². The predicted octanol–water partition coefficient (Wildman–Crippen LogP) is 9.49. The Balaban J connectivity index is 1.57. The van der Waals surface area contributed by atoms with Crippen molar-refractivity contribution in [2.75, 3.05) is 0 Å². The number of hydrogen-bond donors (Lipinski definition) is 0. The first-order valence-corrected chi connectivity index (χ1v) is 13.5. The summed E-state index contributed by atoms with van der Waals surface area (Å²) in [6, 6.07) is 44.5. The third kappa shape index (κ3) is 3.49. The van der Waals surface area contributed by atoms with E-state index in [4.69, 9.17) is 9.97 Å². The van der Waals surface area contributed by atoms with Crippen molar-refractivity contribution in [3.05, 3.63) is 140 Å². The number of rotatable bonds is 3. The van der Waals surface area contributed by atoms with Crippen LogP contribution in [-0.4, -0.2) is 15.0 Å². The summed E-state index contributed by atoms with van der Waals surface area (Å²) < 4.78 is 0. The summed E-state index contributed by atoms with van der Waals surface area (Å²) in [7, 11) is 0. The number of benzene rings is 6. The minimum absolute atomic E-state index is 0.881. The molecule has 0 saturated heterocycles. The third-order valence-electron chi connectivity index (χ3n) is 7.73. The zero-order chi connectivity index (χ0) is 26.5. The molecule has 186 valence electrons. The maximum Gasteiger partial charge on any atom is 0.0985 e. The van der Waals surface area contributed by atoms with Crippen LogP contribution in [0.25, 0.3) is 77.0 Å². The summed E-state index contributed by atoms with van der Waals surface area (Å²) in [5.41, 5.74) is 8.00. The molecule has 0 aliphatic heterocycles. The van der Waals surface area contributed by atoms with Crippen molar-refractivity contribution < 1.29 is 0 Å². The van der Waals surface area contributed by atoms with Crippen LogP contribution in [0, 0.1) is 0 Å². The van der Waals surface area contributed by atoms with Crippen LogP contribution in [0.4, 0.5) is 0 Å². The Hall–Kier alpha value is -5.41. The van der Waals surface area contributed by atoms with Crippen LogP contribution in [0.5, 0.6) is 0 Å². The second kappa shape index (κ2) is 9.11. The summed E-state index contributed by atoms with van der Waals surface area (Å²) in [4.78, 5) is 15.1. The van der Waals surface area contributed by atoms with E-state index >= 15 is 0 Å². The Morgan fingerprint density at radius 2 is 0.950 bits per heavy atom. The molecule has 0 spiro atoms. The lowest BCUT2D eigenvalue weighted by molar-refractivity contribution is 1.30. The maximum atomic E-state index is 5.36. The van der Waals surface area contributed by atoms with Crippen LogP contribution < -0.4 is 0 Å². The minimum Gasteiger partial charge on any atom is -0.264 e. The Morgan fingerprint density at radius 1 is 0.400 bits per heavy atom. The van der Waals surface area contributed by atoms with Crippen molar-refractivity contribution in [3.8, 4) is 33.6 Å². The van der Waals surface area contributed by atoms with Crippen LogP contribution in [0.15, 0.2) is 140 Å². The van der Waals surface area contributed by atoms with Crippen LogP contribution in [0.3, 0.4) is 0 Å². The lowest BCUT2D eigenvalue weighted by Crippen LogP contribution is -1.98. The van der Waals surface area contributed by atoms with Crippen molar-refractivity contribution in [3.63, 3.8) is 0 Å². The lowest BCUT2D eigenvalue weighted by atomic mass is 9.86. The molecule has 0 aliphatic rings. The zero-order valence-corrected chi connectivity index (χ0v) is 21.6. The molecule has 6 aromatic carbocycles. The molecule has 8 rings (SSSR count). The van der Waals surface area contributed by atoms with Gasteiger partial charge in [-0.1, -0.05) is 109 Å². The van der Waals surface area contributed by atoms with Gasteiger partial charge in [-0.25, -0.2) is 9.97 Å². The monoisotopic (exact) mass is 509 g/mol. The molecular formula is C37H23N3. The second-order valence-corrected chi connectivity index (χ2v) is 10.0. The third-order valence-corrected chi connectivity index (χ3v) is 7.73. The van der Waals surface area contributed by atoms with E-state index in [-0.39, 0.29) is 0 Å². The molecule has 0 bridgehead atoms. The maximum absolute atomic E-state index is 5.36. The molecule has 0 unspecified atom stereocenters. The molecule has 0 N–H and O–H groups in total. The number of fused-ring (bicyclic) bond motifs is 4. The first-order valence-electron chi connectivity index (χ1n) is 13.5. The van der Waals surface area contributed by atoms with Crippen molar-refractivity contribution in [1.29, 1.82) is 0 Å². The smallest absolute Gasteiger partial charge is 0.0985 e. The lowest BCUT2D eigenvalue weighted by Gasteiger charge is -2.19. The molecule has 3 heteroatoms. The van der Waals surface area contributed by atoms with E-state index < -0.39 is 0 Å². The Labute approximate surface area is 231 Å². The fraction of sp³-hybridized carbons (Fsp3) is 0. The van der Waals surface area contributed by atoms with Gasteiger partial charge in [-0.3, -0.25) is 4.98 Å². The van der Waals surface area contributed by atoms with Gasteiger partial charge in [0.25, 0.3) is 0 Å². The number of pyridine rings is 1. The van der Waals surface area contributed by atoms with E-state index in [1.165, 1.54) is 21.7 Å². The molecule has 0 aliphatic carbocycles. The molecule has 0 fully saturated rings. The largest absolute Gasteiger partial charge is 0.264 e. The molecule has 0 atom stereocenters. The molecule has 2 aromatic heterocycles. The van der Waals surface area contributed by atoms with Crippen LogP contribution >= 0.6 is 0 Å². The average molecular weight is 510 g/mol. The van der Waals surface area contributed by atoms with Crippen molar-refractivity contribution in [2.24, 2.45) is 0 Å².